The molecule has 30 heavy (non-hydrogen) atoms. The van der Waals surface area contributed by atoms with Crippen molar-refractivity contribution in [3.05, 3.63) is 41.4 Å². The van der Waals surface area contributed by atoms with Gasteiger partial charge in [-0.15, -0.1) is 11.3 Å². The van der Waals surface area contributed by atoms with Crippen LogP contribution in [-0.2, 0) is 16.0 Å². The van der Waals surface area contributed by atoms with Gasteiger partial charge in [-0.2, -0.15) is 0 Å². The average molecular weight is 430 g/mol. The van der Waals surface area contributed by atoms with Crippen molar-refractivity contribution in [2.45, 2.75) is 51.4 Å². The van der Waals surface area contributed by atoms with E-state index in [-0.39, 0.29) is 17.2 Å². The fourth-order valence-electron chi connectivity index (χ4n) is 4.29. The molecule has 1 aliphatic rings. The molecule has 0 atom stereocenters. The van der Waals surface area contributed by atoms with Gasteiger partial charge in [0.1, 0.15) is 5.75 Å². The lowest BCUT2D eigenvalue weighted by atomic mass is 9.69. The van der Waals surface area contributed by atoms with E-state index in [1.54, 1.807) is 18.2 Å². The minimum atomic E-state index is -0.255. The van der Waals surface area contributed by atoms with Crippen LogP contribution in [0.15, 0.2) is 35.8 Å². The van der Waals surface area contributed by atoms with E-state index in [0.29, 0.717) is 24.5 Å². The number of nitrogens with zero attached hydrogens (tertiary/aromatic N) is 2. The van der Waals surface area contributed by atoms with E-state index in [2.05, 4.69) is 10.3 Å². The van der Waals surface area contributed by atoms with Gasteiger partial charge in [0.05, 0.1) is 7.11 Å². The highest BCUT2D eigenvalue weighted by molar-refractivity contribution is 7.13. The molecule has 0 saturated heterocycles. The summed E-state index contributed by atoms with van der Waals surface area (Å²) in [4.78, 5) is 31.6. The van der Waals surface area contributed by atoms with Crippen molar-refractivity contribution in [1.29, 1.82) is 0 Å². The smallest absolute Gasteiger partial charge is 0.226 e. The van der Waals surface area contributed by atoms with E-state index in [9.17, 15) is 9.59 Å². The van der Waals surface area contributed by atoms with Crippen molar-refractivity contribution in [2.24, 2.45) is 5.41 Å². The third-order valence-corrected chi connectivity index (χ3v) is 6.68. The summed E-state index contributed by atoms with van der Waals surface area (Å²) in [7, 11) is 3.52. The Balaban J connectivity index is 1.59. The number of rotatable bonds is 9. The summed E-state index contributed by atoms with van der Waals surface area (Å²) in [5, 5.41) is 5.34. The summed E-state index contributed by atoms with van der Waals surface area (Å²) in [6.07, 6.45) is 8.37. The summed E-state index contributed by atoms with van der Waals surface area (Å²) < 4.78 is 5.41. The van der Waals surface area contributed by atoms with Crippen molar-refractivity contribution in [2.75, 3.05) is 26.0 Å². The monoisotopic (exact) mass is 429 g/mol. The summed E-state index contributed by atoms with van der Waals surface area (Å²) >= 11 is 1.41. The molecular formula is C23H31N3O3S. The van der Waals surface area contributed by atoms with Crippen molar-refractivity contribution < 1.29 is 14.3 Å². The average Bonchev–Trinajstić information content (AvgIpc) is 3.25. The minimum absolute atomic E-state index is 0.0451. The third-order valence-electron chi connectivity index (χ3n) is 5.99. The molecule has 0 aliphatic heterocycles. The van der Waals surface area contributed by atoms with Crippen LogP contribution >= 0.6 is 11.3 Å². The topological polar surface area (TPSA) is 71.5 Å². The van der Waals surface area contributed by atoms with Crippen molar-refractivity contribution in [3.8, 4) is 5.75 Å². The molecule has 1 fully saturated rings. The highest BCUT2D eigenvalue weighted by atomic mass is 32.1. The van der Waals surface area contributed by atoms with Gasteiger partial charge < -0.3 is 15.0 Å². The Kier molecular flexibility index (Phi) is 7.85. The highest BCUT2D eigenvalue weighted by Crippen LogP contribution is 2.43. The zero-order valence-corrected chi connectivity index (χ0v) is 18.7. The Morgan fingerprint density at radius 1 is 1.20 bits per heavy atom. The molecule has 1 N–H and O–H groups in total. The Hall–Kier alpha value is -2.41. The highest BCUT2D eigenvalue weighted by Gasteiger charge is 2.37. The van der Waals surface area contributed by atoms with Crippen LogP contribution in [0.25, 0.3) is 0 Å². The second-order valence-corrected chi connectivity index (χ2v) is 9.07. The molecule has 0 bridgehead atoms. The van der Waals surface area contributed by atoms with E-state index in [4.69, 9.17) is 4.74 Å². The number of carbonyl (C=O) groups excluding carboxylic acids is 2. The zero-order valence-electron chi connectivity index (χ0n) is 17.9. The Labute approximate surface area is 182 Å². The number of amides is 2. The molecule has 7 heteroatoms. The SMILES string of the molecule is COc1ccccc1CCN(C)C(=O)CC1(CC(=O)Nc2nccs2)CCCCC1. The van der Waals surface area contributed by atoms with Crippen LogP contribution in [0.4, 0.5) is 5.13 Å². The predicted molar refractivity (Wildman–Crippen MR) is 120 cm³/mol. The van der Waals surface area contributed by atoms with Gasteiger partial charge in [-0.1, -0.05) is 37.5 Å². The second kappa shape index (κ2) is 10.6. The number of methoxy groups -OCH3 is 1. The van der Waals surface area contributed by atoms with Gasteiger partial charge in [-0.25, -0.2) is 4.98 Å². The quantitative estimate of drug-likeness (QED) is 0.636. The Morgan fingerprint density at radius 3 is 2.67 bits per heavy atom. The molecule has 0 unspecified atom stereocenters. The lowest BCUT2D eigenvalue weighted by molar-refractivity contribution is -0.134. The molecule has 1 aromatic heterocycles. The van der Waals surface area contributed by atoms with Crippen LogP contribution in [0.5, 0.6) is 5.75 Å². The Morgan fingerprint density at radius 2 is 1.97 bits per heavy atom. The first-order valence-corrected chi connectivity index (χ1v) is 11.4. The number of nitrogens with one attached hydrogen (secondary N) is 1. The lowest BCUT2D eigenvalue weighted by Crippen LogP contribution is -2.37. The van der Waals surface area contributed by atoms with Crippen LogP contribution in [0.2, 0.25) is 0 Å². The normalized spacial score (nSPS) is 15.4. The molecule has 1 aromatic carbocycles. The third kappa shape index (κ3) is 6.05. The van der Waals surface area contributed by atoms with Crippen molar-refractivity contribution >= 4 is 28.3 Å². The number of likely N-dealkylation sites (N-methyl/N-ethyl adjacent to an activating group) is 1. The first kappa shape index (κ1) is 22.3. The second-order valence-electron chi connectivity index (χ2n) is 8.18. The van der Waals surface area contributed by atoms with Gasteiger partial charge in [-0.3, -0.25) is 9.59 Å². The molecule has 1 aliphatic carbocycles. The summed E-state index contributed by atoms with van der Waals surface area (Å²) in [5.41, 5.74) is 0.838. The number of aromatic nitrogens is 1. The number of anilines is 1. The number of thiazole rings is 1. The molecule has 0 radical (unpaired) electrons. The lowest BCUT2D eigenvalue weighted by Gasteiger charge is -2.37. The minimum Gasteiger partial charge on any atom is -0.496 e. The number of hydrogen-bond acceptors (Lipinski definition) is 5. The fourth-order valence-corrected chi connectivity index (χ4v) is 4.83. The van der Waals surface area contributed by atoms with Gasteiger partial charge in [0, 0.05) is 38.0 Å². The molecule has 2 aromatic rings. The van der Waals surface area contributed by atoms with Crippen molar-refractivity contribution in [3.63, 3.8) is 0 Å². The molecule has 1 heterocycles. The number of para-hydroxylation sites is 1. The van der Waals surface area contributed by atoms with Gasteiger partial charge in [0.2, 0.25) is 11.8 Å². The zero-order chi connectivity index (χ0) is 21.4. The molecule has 6 nitrogen and oxygen atoms in total. The van der Waals surface area contributed by atoms with Crippen molar-refractivity contribution in [1.82, 2.24) is 9.88 Å². The molecular weight excluding hydrogens is 398 g/mol. The molecule has 0 spiro atoms. The number of hydrogen-bond donors (Lipinski definition) is 1. The first-order chi connectivity index (χ1) is 14.5. The van der Waals surface area contributed by atoms with E-state index < -0.39 is 0 Å². The van der Waals surface area contributed by atoms with Gasteiger partial charge in [-0.05, 0) is 36.3 Å². The van der Waals surface area contributed by atoms with Gasteiger partial charge in [0.15, 0.2) is 5.13 Å². The first-order valence-electron chi connectivity index (χ1n) is 10.6. The maximum absolute atomic E-state index is 13.0. The standard InChI is InChI=1S/C23H31N3O3S/c1-26(14-10-18-8-4-5-9-19(18)29-2)21(28)17-23(11-6-3-7-12-23)16-20(27)25-22-24-13-15-30-22/h4-5,8-9,13,15H,3,6-7,10-12,14,16-17H2,1-2H3,(H,24,25,27). The van der Waals surface area contributed by atoms with E-state index in [1.807, 2.05) is 36.7 Å². The summed E-state index contributed by atoms with van der Waals surface area (Å²) in [6, 6.07) is 7.90. The summed E-state index contributed by atoms with van der Waals surface area (Å²) in [5.74, 6) is 0.908. The number of benzene rings is 1. The number of carbonyl (C=O) groups is 2. The van der Waals surface area contributed by atoms with Crippen LogP contribution in [0.1, 0.15) is 50.5 Å². The maximum Gasteiger partial charge on any atom is 0.226 e. The molecule has 1 saturated carbocycles. The Bertz CT molecular complexity index is 832. The number of ether oxygens (including phenoxy) is 1. The van der Waals surface area contributed by atoms with Crippen LogP contribution in [-0.4, -0.2) is 42.4 Å². The van der Waals surface area contributed by atoms with Crippen LogP contribution < -0.4 is 10.1 Å². The van der Waals surface area contributed by atoms with Crippen LogP contribution in [0, 0.1) is 5.41 Å². The summed E-state index contributed by atoms with van der Waals surface area (Å²) in [6.45, 7) is 0.626. The van der Waals surface area contributed by atoms with Crippen LogP contribution in [0.3, 0.4) is 0 Å². The largest absolute Gasteiger partial charge is 0.496 e. The molecule has 2 amide bonds. The van der Waals surface area contributed by atoms with Gasteiger partial charge in [0.25, 0.3) is 0 Å². The van der Waals surface area contributed by atoms with E-state index >= 15 is 0 Å². The maximum atomic E-state index is 13.0. The predicted octanol–water partition coefficient (Wildman–Crippen LogP) is 4.52. The molecule has 162 valence electrons. The fraction of sp³-hybridized carbons (Fsp3) is 0.522. The van der Waals surface area contributed by atoms with Gasteiger partial charge >= 0.3 is 0 Å². The molecule has 3 rings (SSSR count). The van der Waals surface area contributed by atoms with E-state index in [1.165, 1.54) is 17.8 Å². The van der Waals surface area contributed by atoms with E-state index in [0.717, 1.165) is 43.4 Å².